The van der Waals surface area contributed by atoms with E-state index in [9.17, 15) is 9.59 Å². The van der Waals surface area contributed by atoms with E-state index in [0.29, 0.717) is 12.3 Å². The molecule has 0 heterocycles. The van der Waals surface area contributed by atoms with Gasteiger partial charge in [0.05, 0.1) is 6.61 Å². The molecule has 0 unspecified atom stereocenters. The number of ether oxygens (including phenoxy) is 1. The van der Waals surface area contributed by atoms with Crippen LogP contribution in [-0.4, -0.2) is 18.4 Å². The molecule has 5 heteroatoms. The summed E-state index contributed by atoms with van der Waals surface area (Å²) in [7, 11) is 0. The first kappa shape index (κ1) is 19.5. The average Bonchev–Trinajstić information content (AvgIpc) is 2.58. The highest BCUT2D eigenvalue weighted by atomic mass is 16.5. The van der Waals surface area contributed by atoms with Gasteiger partial charge in [-0.15, -0.1) is 0 Å². The number of carbonyl (C=O) groups excluding carboxylic acids is 2. The second kappa shape index (κ2) is 9.04. The Bertz CT molecular complexity index is 767. The summed E-state index contributed by atoms with van der Waals surface area (Å²) in [5, 5.41) is 5.61. The fourth-order valence-corrected chi connectivity index (χ4v) is 2.68. The molecule has 0 aliphatic rings. The lowest BCUT2D eigenvalue weighted by Gasteiger charge is -2.16. The van der Waals surface area contributed by atoms with E-state index in [-0.39, 0.29) is 24.2 Å². The van der Waals surface area contributed by atoms with Crippen LogP contribution in [0, 0.1) is 6.92 Å². The third kappa shape index (κ3) is 5.34. The van der Waals surface area contributed by atoms with Gasteiger partial charge in [-0.2, -0.15) is 0 Å². The minimum absolute atomic E-state index is 0.237. The molecule has 2 N–H and O–H groups in total. The van der Waals surface area contributed by atoms with Crippen molar-refractivity contribution in [3.63, 3.8) is 0 Å². The Labute approximate surface area is 154 Å². The Morgan fingerprint density at radius 1 is 1.00 bits per heavy atom. The van der Waals surface area contributed by atoms with E-state index in [0.717, 1.165) is 22.6 Å². The second-order valence-corrected chi connectivity index (χ2v) is 6.42. The zero-order chi connectivity index (χ0) is 19.1. The number of hydrogen-bond donors (Lipinski definition) is 2. The highest BCUT2D eigenvalue weighted by Gasteiger charge is 2.15. The molecular weight excluding hydrogens is 328 g/mol. The third-order valence-corrected chi connectivity index (χ3v) is 3.96. The molecule has 2 rings (SSSR count). The smallest absolute Gasteiger partial charge is 0.233 e. The molecule has 5 nitrogen and oxygen atoms in total. The topological polar surface area (TPSA) is 67.4 Å². The number of carbonyl (C=O) groups is 2. The van der Waals surface area contributed by atoms with E-state index >= 15 is 0 Å². The van der Waals surface area contributed by atoms with Gasteiger partial charge in [0.25, 0.3) is 0 Å². The van der Waals surface area contributed by atoms with Gasteiger partial charge in [-0.05, 0) is 55.2 Å². The van der Waals surface area contributed by atoms with Gasteiger partial charge < -0.3 is 15.4 Å². The summed E-state index contributed by atoms with van der Waals surface area (Å²) in [4.78, 5) is 24.4. The summed E-state index contributed by atoms with van der Waals surface area (Å²) < 4.78 is 5.36. The molecule has 0 saturated heterocycles. The van der Waals surface area contributed by atoms with Crippen molar-refractivity contribution in [1.29, 1.82) is 0 Å². The maximum absolute atomic E-state index is 12.3. The van der Waals surface area contributed by atoms with E-state index in [1.807, 2.05) is 32.0 Å². The van der Waals surface area contributed by atoms with Gasteiger partial charge in [-0.3, -0.25) is 9.59 Å². The van der Waals surface area contributed by atoms with E-state index in [1.54, 1.807) is 24.3 Å². The second-order valence-electron chi connectivity index (χ2n) is 6.42. The molecule has 138 valence electrons. The van der Waals surface area contributed by atoms with Crippen LogP contribution >= 0.6 is 0 Å². The first-order valence-corrected chi connectivity index (χ1v) is 8.82. The van der Waals surface area contributed by atoms with Crippen molar-refractivity contribution >= 4 is 23.2 Å². The number of anilines is 2. The standard InChI is InChI=1S/C21H26N2O3/c1-5-26-17-11-9-16(10-12-17)22-19(24)13-20(25)23-21-15(4)7-6-8-18(21)14(2)3/h6-12,14H,5,13H2,1-4H3,(H,22,24)(H,23,25). The number of hydrogen-bond acceptors (Lipinski definition) is 3. The van der Waals surface area contributed by atoms with Gasteiger partial charge in [-0.25, -0.2) is 0 Å². The maximum Gasteiger partial charge on any atom is 0.233 e. The van der Waals surface area contributed by atoms with Crippen LogP contribution in [0.1, 0.15) is 44.2 Å². The lowest BCUT2D eigenvalue weighted by atomic mass is 9.98. The van der Waals surface area contributed by atoms with E-state index in [4.69, 9.17) is 4.74 Å². The van der Waals surface area contributed by atoms with E-state index in [2.05, 4.69) is 24.5 Å². The average molecular weight is 354 g/mol. The summed E-state index contributed by atoms with van der Waals surface area (Å²) in [6, 6.07) is 13.0. The molecule has 0 fully saturated rings. The molecule has 0 aliphatic heterocycles. The molecule has 2 aromatic carbocycles. The van der Waals surface area contributed by atoms with Crippen LogP contribution in [0.5, 0.6) is 5.75 Å². The van der Waals surface area contributed by atoms with Crippen LogP contribution in [0.25, 0.3) is 0 Å². The minimum atomic E-state index is -0.355. The van der Waals surface area contributed by atoms with Crippen molar-refractivity contribution in [2.75, 3.05) is 17.2 Å². The first-order chi connectivity index (χ1) is 12.4. The molecular formula is C21H26N2O3. The number of nitrogens with one attached hydrogen (secondary N) is 2. The maximum atomic E-state index is 12.3. The molecule has 0 bridgehead atoms. The van der Waals surface area contributed by atoms with Crippen LogP contribution in [0.15, 0.2) is 42.5 Å². The lowest BCUT2D eigenvalue weighted by Crippen LogP contribution is -2.22. The van der Waals surface area contributed by atoms with Crippen LogP contribution < -0.4 is 15.4 Å². The van der Waals surface area contributed by atoms with Crippen LogP contribution in [-0.2, 0) is 9.59 Å². The van der Waals surface area contributed by atoms with Gasteiger partial charge in [0, 0.05) is 11.4 Å². The van der Waals surface area contributed by atoms with Gasteiger partial charge in [0.15, 0.2) is 0 Å². The molecule has 0 aliphatic carbocycles. The monoisotopic (exact) mass is 354 g/mol. The predicted molar refractivity (Wildman–Crippen MR) is 105 cm³/mol. The van der Waals surface area contributed by atoms with Crippen LogP contribution in [0.4, 0.5) is 11.4 Å². The molecule has 0 atom stereocenters. The Kier molecular flexibility index (Phi) is 6.78. The Morgan fingerprint density at radius 2 is 1.65 bits per heavy atom. The van der Waals surface area contributed by atoms with Crippen molar-refractivity contribution in [3.8, 4) is 5.75 Å². The Morgan fingerprint density at radius 3 is 2.27 bits per heavy atom. The fourth-order valence-electron chi connectivity index (χ4n) is 2.68. The molecule has 2 aromatic rings. The third-order valence-electron chi connectivity index (χ3n) is 3.96. The van der Waals surface area contributed by atoms with Crippen LogP contribution in [0.2, 0.25) is 0 Å². The number of para-hydroxylation sites is 1. The zero-order valence-electron chi connectivity index (χ0n) is 15.8. The molecule has 26 heavy (non-hydrogen) atoms. The van der Waals surface area contributed by atoms with E-state index in [1.165, 1.54) is 0 Å². The van der Waals surface area contributed by atoms with Crippen molar-refractivity contribution in [1.82, 2.24) is 0 Å². The molecule has 0 aromatic heterocycles. The number of aryl methyl sites for hydroxylation is 1. The molecule has 2 amide bonds. The highest BCUT2D eigenvalue weighted by Crippen LogP contribution is 2.27. The highest BCUT2D eigenvalue weighted by molar-refractivity contribution is 6.08. The fraction of sp³-hybridized carbons (Fsp3) is 0.333. The first-order valence-electron chi connectivity index (χ1n) is 8.82. The largest absolute Gasteiger partial charge is 0.494 e. The number of rotatable bonds is 7. The molecule has 0 radical (unpaired) electrons. The van der Waals surface area contributed by atoms with Gasteiger partial charge in [-0.1, -0.05) is 32.0 Å². The van der Waals surface area contributed by atoms with Gasteiger partial charge >= 0.3 is 0 Å². The summed E-state index contributed by atoms with van der Waals surface area (Å²) in [5.41, 5.74) is 3.47. The van der Waals surface area contributed by atoms with Crippen LogP contribution in [0.3, 0.4) is 0 Å². The van der Waals surface area contributed by atoms with E-state index < -0.39 is 0 Å². The Balaban J connectivity index is 1.96. The Hall–Kier alpha value is -2.82. The minimum Gasteiger partial charge on any atom is -0.494 e. The van der Waals surface area contributed by atoms with Crippen molar-refractivity contribution in [3.05, 3.63) is 53.6 Å². The van der Waals surface area contributed by atoms with Gasteiger partial charge in [0.1, 0.15) is 12.2 Å². The lowest BCUT2D eigenvalue weighted by molar-refractivity contribution is -0.123. The van der Waals surface area contributed by atoms with Crippen molar-refractivity contribution in [2.45, 2.75) is 40.0 Å². The molecule has 0 saturated carbocycles. The number of benzene rings is 2. The quantitative estimate of drug-likeness (QED) is 0.720. The zero-order valence-corrected chi connectivity index (χ0v) is 15.8. The van der Waals surface area contributed by atoms with Crippen molar-refractivity contribution < 1.29 is 14.3 Å². The summed E-state index contributed by atoms with van der Waals surface area (Å²) >= 11 is 0. The molecule has 0 spiro atoms. The number of amides is 2. The predicted octanol–water partition coefficient (Wildman–Crippen LogP) is 4.48. The summed E-state index contributed by atoms with van der Waals surface area (Å²) in [6.07, 6.45) is -0.237. The normalized spacial score (nSPS) is 10.5. The van der Waals surface area contributed by atoms with Gasteiger partial charge in [0.2, 0.25) is 11.8 Å². The SMILES string of the molecule is CCOc1ccc(NC(=O)CC(=O)Nc2c(C)cccc2C(C)C)cc1. The van der Waals surface area contributed by atoms with Crippen molar-refractivity contribution in [2.24, 2.45) is 0 Å². The summed E-state index contributed by atoms with van der Waals surface area (Å²) in [6.45, 7) is 8.59. The summed E-state index contributed by atoms with van der Waals surface area (Å²) in [5.74, 6) is 0.336.